The highest BCUT2D eigenvalue weighted by Gasteiger charge is 2.46. The predicted octanol–water partition coefficient (Wildman–Crippen LogP) is 3.27. The molecule has 0 radical (unpaired) electrons. The largest absolute Gasteiger partial charge is 0.375 e. The maximum atomic E-state index is 13.0. The number of carbonyl (C=O) groups is 1. The highest BCUT2D eigenvalue weighted by molar-refractivity contribution is 5.76. The third-order valence-electron chi connectivity index (χ3n) is 6.25. The quantitative estimate of drug-likeness (QED) is 0.883. The minimum absolute atomic E-state index is 0.0715. The third-order valence-corrected chi connectivity index (χ3v) is 6.25. The molecule has 2 saturated heterocycles. The van der Waals surface area contributed by atoms with Crippen LogP contribution in [0.1, 0.15) is 49.7 Å². The standard InChI is InChI=1S/C22H33N3O2/c1-18-6-8-19(9-7-18)22(10-11-22)23-21(26)25-14-5-15-27-20(17-25)16-24-12-3-2-4-13-24/h6-9,20H,2-5,10-17H2,1H3,(H,23,26)/t20-/m1/s1. The third kappa shape index (κ3) is 4.64. The Hall–Kier alpha value is -1.59. The lowest BCUT2D eigenvalue weighted by Crippen LogP contribution is -2.49. The fourth-order valence-corrected chi connectivity index (χ4v) is 4.39. The second-order valence-corrected chi connectivity index (χ2v) is 8.53. The molecule has 0 spiro atoms. The number of rotatable bonds is 4. The molecule has 0 unspecified atom stereocenters. The van der Waals surface area contributed by atoms with Gasteiger partial charge in [-0.1, -0.05) is 36.2 Å². The van der Waals surface area contributed by atoms with Crippen LogP contribution < -0.4 is 5.32 Å². The van der Waals surface area contributed by atoms with Crippen LogP contribution in [-0.2, 0) is 10.3 Å². The van der Waals surface area contributed by atoms with Gasteiger partial charge in [0.05, 0.1) is 11.6 Å². The van der Waals surface area contributed by atoms with Crippen LogP contribution in [-0.4, -0.2) is 61.3 Å². The topological polar surface area (TPSA) is 44.8 Å². The van der Waals surface area contributed by atoms with E-state index in [0.717, 1.165) is 39.0 Å². The summed E-state index contributed by atoms with van der Waals surface area (Å²) in [4.78, 5) is 17.5. The zero-order valence-electron chi connectivity index (χ0n) is 16.6. The van der Waals surface area contributed by atoms with Crippen LogP contribution in [0.2, 0.25) is 0 Å². The first-order valence-corrected chi connectivity index (χ1v) is 10.6. The molecule has 27 heavy (non-hydrogen) atoms. The Balaban J connectivity index is 1.36. The number of benzene rings is 1. The van der Waals surface area contributed by atoms with Gasteiger partial charge in [-0.25, -0.2) is 4.79 Å². The van der Waals surface area contributed by atoms with E-state index in [0.29, 0.717) is 6.54 Å². The normalized spacial score (nSPS) is 25.7. The van der Waals surface area contributed by atoms with Crippen LogP contribution in [0.25, 0.3) is 0 Å². The van der Waals surface area contributed by atoms with Crippen molar-refractivity contribution >= 4 is 6.03 Å². The van der Waals surface area contributed by atoms with E-state index in [1.165, 1.54) is 43.5 Å². The Bertz CT molecular complexity index is 635. The van der Waals surface area contributed by atoms with Gasteiger partial charge < -0.3 is 19.9 Å². The number of hydrogen-bond acceptors (Lipinski definition) is 3. The van der Waals surface area contributed by atoms with Crippen molar-refractivity contribution in [1.82, 2.24) is 15.1 Å². The summed E-state index contributed by atoms with van der Waals surface area (Å²) in [5, 5.41) is 3.34. The summed E-state index contributed by atoms with van der Waals surface area (Å²) in [6.45, 7) is 7.63. The Morgan fingerprint density at radius 2 is 1.85 bits per heavy atom. The maximum Gasteiger partial charge on any atom is 0.318 e. The van der Waals surface area contributed by atoms with Crippen LogP contribution in [0, 0.1) is 6.92 Å². The van der Waals surface area contributed by atoms with Gasteiger partial charge in [0, 0.05) is 26.2 Å². The number of ether oxygens (including phenoxy) is 1. The second kappa shape index (κ2) is 8.19. The highest BCUT2D eigenvalue weighted by atomic mass is 16.5. The molecule has 5 nitrogen and oxygen atoms in total. The lowest BCUT2D eigenvalue weighted by atomic mass is 10.0. The molecule has 1 aromatic carbocycles. The maximum absolute atomic E-state index is 13.0. The monoisotopic (exact) mass is 371 g/mol. The Kier molecular flexibility index (Phi) is 5.69. The highest BCUT2D eigenvalue weighted by Crippen LogP contribution is 2.45. The van der Waals surface area contributed by atoms with E-state index in [2.05, 4.69) is 41.4 Å². The van der Waals surface area contributed by atoms with Gasteiger partial charge in [-0.15, -0.1) is 0 Å². The van der Waals surface area contributed by atoms with E-state index in [9.17, 15) is 4.79 Å². The Morgan fingerprint density at radius 3 is 2.56 bits per heavy atom. The van der Waals surface area contributed by atoms with Gasteiger partial charge in [0.2, 0.25) is 0 Å². The van der Waals surface area contributed by atoms with Crippen molar-refractivity contribution in [2.45, 2.75) is 57.1 Å². The first-order valence-electron chi connectivity index (χ1n) is 10.6. The van der Waals surface area contributed by atoms with Crippen molar-refractivity contribution in [3.05, 3.63) is 35.4 Å². The molecule has 1 N–H and O–H groups in total. The summed E-state index contributed by atoms with van der Waals surface area (Å²) >= 11 is 0. The van der Waals surface area contributed by atoms with Gasteiger partial charge in [-0.2, -0.15) is 0 Å². The van der Waals surface area contributed by atoms with Crippen molar-refractivity contribution in [3.63, 3.8) is 0 Å². The predicted molar refractivity (Wildman–Crippen MR) is 107 cm³/mol. The van der Waals surface area contributed by atoms with Gasteiger partial charge in [0.25, 0.3) is 0 Å². The average molecular weight is 372 g/mol. The number of aryl methyl sites for hydroxylation is 1. The molecule has 1 aliphatic carbocycles. The average Bonchev–Trinajstić information content (AvgIpc) is 3.48. The minimum Gasteiger partial charge on any atom is -0.375 e. The zero-order chi connectivity index (χ0) is 18.7. The summed E-state index contributed by atoms with van der Waals surface area (Å²) in [6, 6.07) is 8.66. The lowest BCUT2D eigenvalue weighted by Gasteiger charge is -2.32. The molecular formula is C22H33N3O2. The number of hydrogen-bond donors (Lipinski definition) is 1. The zero-order valence-corrected chi connectivity index (χ0v) is 16.6. The van der Waals surface area contributed by atoms with Crippen LogP contribution >= 0.6 is 0 Å². The van der Waals surface area contributed by atoms with Gasteiger partial charge in [0.15, 0.2) is 0 Å². The minimum atomic E-state index is -0.152. The van der Waals surface area contributed by atoms with Crippen LogP contribution in [0.15, 0.2) is 24.3 Å². The molecule has 4 rings (SSSR count). The molecular weight excluding hydrogens is 338 g/mol. The first-order chi connectivity index (χ1) is 13.1. The summed E-state index contributed by atoms with van der Waals surface area (Å²) in [6.07, 6.45) is 7.03. The van der Waals surface area contributed by atoms with Crippen molar-refractivity contribution in [1.29, 1.82) is 0 Å². The number of urea groups is 1. The number of piperidine rings is 1. The van der Waals surface area contributed by atoms with Gasteiger partial charge in [0.1, 0.15) is 0 Å². The lowest BCUT2D eigenvalue weighted by molar-refractivity contribution is 0.0254. The van der Waals surface area contributed by atoms with Crippen LogP contribution in [0.4, 0.5) is 4.79 Å². The molecule has 1 atom stereocenters. The number of likely N-dealkylation sites (tertiary alicyclic amines) is 1. The molecule has 2 amide bonds. The number of nitrogens with one attached hydrogen (secondary N) is 1. The molecule has 3 fully saturated rings. The van der Waals surface area contributed by atoms with Crippen molar-refractivity contribution in [2.24, 2.45) is 0 Å². The summed E-state index contributed by atoms with van der Waals surface area (Å²) in [7, 11) is 0. The molecule has 2 heterocycles. The second-order valence-electron chi connectivity index (χ2n) is 8.53. The van der Waals surface area contributed by atoms with E-state index < -0.39 is 0 Å². The molecule has 0 bridgehead atoms. The van der Waals surface area contributed by atoms with E-state index >= 15 is 0 Å². The van der Waals surface area contributed by atoms with Crippen LogP contribution in [0.5, 0.6) is 0 Å². The van der Waals surface area contributed by atoms with Crippen molar-refractivity contribution in [2.75, 3.05) is 39.3 Å². The summed E-state index contributed by atoms with van der Waals surface area (Å²) in [5.74, 6) is 0. The molecule has 2 aliphatic heterocycles. The summed E-state index contributed by atoms with van der Waals surface area (Å²) < 4.78 is 6.07. The number of nitrogens with zero attached hydrogens (tertiary/aromatic N) is 2. The van der Waals surface area contributed by atoms with Crippen molar-refractivity contribution in [3.8, 4) is 0 Å². The summed E-state index contributed by atoms with van der Waals surface area (Å²) in [5.41, 5.74) is 2.34. The molecule has 5 heteroatoms. The molecule has 148 valence electrons. The number of amides is 2. The van der Waals surface area contributed by atoms with E-state index in [1.807, 2.05) is 4.90 Å². The Morgan fingerprint density at radius 1 is 1.11 bits per heavy atom. The molecule has 1 aromatic rings. The fourth-order valence-electron chi connectivity index (χ4n) is 4.39. The molecule has 0 aromatic heterocycles. The number of carbonyl (C=O) groups excluding carboxylic acids is 1. The first kappa shape index (κ1) is 18.8. The van der Waals surface area contributed by atoms with Gasteiger partial charge in [-0.3, -0.25) is 0 Å². The molecule has 3 aliphatic rings. The molecule has 1 saturated carbocycles. The van der Waals surface area contributed by atoms with E-state index in [4.69, 9.17) is 4.74 Å². The van der Waals surface area contributed by atoms with Gasteiger partial charge >= 0.3 is 6.03 Å². The fraction of sp³-hybridized carbons (Fsp3) is 0.682. The SMILES string of the molecule is Cc1ccc(C2(NC(=O)N3CCCO[C@H](CN4CCCCC4)C3)CC2)cc1. The van der Waals surface area contributed by atoms with Crippen LogP contribution in [0.3, 0.4) is 0 Å². The van der Waals surface area contributed by atoms with E-state index in [1.54, 1.807) is 0 Å². The van der Waals surface area contributed by atoms with Gasteiger partial charge in [-0.05, 0) is 57.7 Å². The van der Waals surface area contributed by atoms with E-state index in [-0.39, 0.29) is 17.7 Å². The van der Waals surface area contributed by atoms with Crippen molar-refractivity contribution < 1.29 is 9.53 Å². The smallest absolute Gasteiger partial charge is 0.318 e. The Labute approximate surface area is 163 Å².